The maximum Gasteiger partial charge on any atom is 0.326 e. The molecule has 1 amide bonds. The summed E-state index contributed by atoms with van der Waals surface area (Å²) in [5.41, 5.74) is 1.10. The van der Waals surface area contributed by atoms with Gasteiger partial charge in [0.05, 0.1) is 10.6 Å². The van der Waals surface area contributed by atoms with Crippen molar-refractivity contribution in [2.24, 2.45) is 5.41 Å². The van der Waals surface area contributed by atoms with Gasteiger partial charge in [0.1, 0.15) is 6.04 Å². The zero-order valence-electron chi connectivity index (χ0n) is 12.9. The van der Waals surface area contributed by atoms with Crippen molar-refractivity contribution in [3.63, 3.8) is 0 Å². The lowest BCUT2D eigenvalue weighted by atomic mass is 9.88. The van der Waals surface area contributed by atoms with E-state index in [1.165, 1.54) is 0 Å². The maximum atomic E-state index is 12.2. The van der Waals surface area contributed by atoms with E-state index in [1.807, 2.05) is 20.8 Å². The van der Waals surface area contributed by atoms with E-state index < -0.39 is 17.9 Å². The van der Waals surface area contributed by atoms with Crippen molar-refractivity contribution in [1.29, 1.82) is 0 Å². The second kappa shape index (κ2) is 6.94. The monoisotopic (exact) mass is 311 g/mol. The number of hydrogen-bond acceptors (Lipinski definition) is 2. The molecule has 0 fully saturated rings. The van der Waals surface area contributed by atoms with Crippen molar-refractivity contribution in [3.8, 4) is 0 Å². The van der Waals surface area contributed by atoms with Crippen LogP contribution in [0.5, 0.6) is 0 Å². The minimum absolute atomic E-state index is 0.0133. The number of carboxylic acid groups (broad SMARTS) is 1. The third kappa shape index (κ3) is 5.38. The number of carboxylic acids is 1. The summed E-state index contributed by atoms with van der Waals surface area (Å²) < 4.78 is 0. The standard InChI is InChI=1S/C16H22ClNO3/c1-10-6-5-7-11(13(10)17)14(19)18-12(15(20)21)8-9-16(2,3)4/h5-7,12H,8-9H2,1-4H3,(H,18,19)(H,20,21). The number of aliphatic carboxylic acids is 1. The van der Waals surface area contributed by atoms with Gasteiger partial charge in [-0.05, 0) is 36.8 Å². The molecule has 21 heavy (non-hydrogen) atoms. The van der Waals surface area contributed by atoms with Gasteiger partial charge in [-0.1, -0.05) is 44.5 Å². The van der Waals surface area contributed by atoms with Crippen LogP contribution in [-0.2, 0) is 4.79 Å². The van der Waals surface area contributed by atoms with E-state index in [9.17, 15) is 14.7 Å². The van der Waals surface area contributed by atoms with E-state index in [0.717, 1.165) is 5.56 Å². The average Bonchev–Trinajstić information content (AvgIpc) is 2.36. The second-order valence-corrected chi connectivity index (χ2v) is 6.78. The highest BCUT2D eigenvalue weighted by molar-refractivity contribution is 6.34. The molecule has 1 unspecified atom stereocenters. The Hall–Kier alpha value is -1.55. The molecule has 1 aromatic rings. The van der Waals surface area contributed by atoms with Crippen LogP contribution in [-0.4, -0.2) is 23.0 Å². The first-order chi connectivity index (χ1) is 9.61. The molecule has 5 heteroatoms. The summed E-state index contributed by atoms with van der Waals surface area (Å²) in [5.74, 6) is -1.48. The SMILES string of the molecule is Cc1cccc(C(=O)NC(CCC(C)(C)C)C(=O)O)c1Cl. The van der Waals surface area contributed by atoms with Gasteiger partial charge in [0.15, 0.2) is 0 Å². The molecule has 0 heterocycles. The second-order valence-electron chi connectivity index (χ2n) is 6.40. The Kier molecular flexibility index (Phi) is 5.78. The van der Waals surface area contributed by atoms with Crippen LogP contribution in [0.15, 0.2) is 18.2 Å². The number of rotatable bonds is 5. The molecular weight excluding hydrogens is 290 g/mol. The molecule has 0 aliphatic heterocycles. The Morgan fingerprint density at radius 3 is 2.48 bits per heavy atom. The lowest BCUT2D eigenvalue weighted by Gasteiger charge is -2.21. The summed E-state index contributed by atoms with van der Waals surface area (Å²) in [6, 6.07) is 4.20. The van der Waals surface area contributed by atoms with Crippen molar-refractivity contribution >= 4 is 23.5 Å². The van der Waals surface area contributed by atoms with E-state index in [0.29, 0.717) is 23.4 Å². The van der Waals surface area contributed by atoms with Gasteiger partial charge < -0.3 is 10.4 Å². The number of aryl methyl sites for hydroxylation is 1. The molecule has 2 N–H and O–H groups in total. The van der Waals surface area contributed by atoms with Crippen LogP contribution in [0.2, 0.25) is 5.02 Å². The third-order valence-electron chi connectivity index (χ3n) is 3.22. The molecule has 0 radical (unpaired) electrons. The van der Waals surface area contributed by atoms with Gasteiger partial charge in [-0.25, -0.2) is 4.79 Å². The summed E-state index contributed by atoms with van der Waals surface area (Å²) >= 11 is 6.09. The zero-order chi connectivity index (χ0) is 16.2. The van der Waals surface area contributed by atoms with Crippen molar-refractivity contribution < 1.29 is 14.7 Å². The van der Waals surface area contributed by atoms with Gasteiger partial charge in [0, 0.05) is 0 Å². The predicted molar refractivity (Wildman–Crippen MR) is 83.8 cm³/mol. The number of carbonyl (C=O) groups excluding carboxylic acids is 1. The number of nitrogens with one attached hydrogen (secondary N) is 1. The number of halogens is 1. The Morgan fingerprint density at radius 1 is 1.33 bits per heavy atom. The molecule has 1 atom stereocenters. The van der Waals surface area contributed by atoms with Gasteiger partial charge in [-0.2, -0.15) is 0 Å². The van der Waals surface area contributed by atoms with Gasteiger partial charge in [0.25, 0.3) is 5.91 Å². The lowest BCUT2D eigenvalue weighted by molar-refractivity contribution is -0.139. The molecule has 0 bridgehead atoms. The van der Waals surface area contributed by atoms with Gasteiger partial charge >= 0.3 is 5.97 Å². The fourth-order valence-electron chi connectivity index (χ4n) is 1.89. The smallest absolute Gasteiger partial charge is 0.326 e. The molecule has 1 rings (SSSR count). The Balaban J connectivity index is 2.82. The number of hydrogen-bond donors (Lipinski definition) is 2. The van der Waals surface area contributed by atoms with Gasteiger partial charge in [0.2, 0.25) is 0 Å². The molecule has 116 valence electrons. The minimum Gasteiger partial charge on any atom is -0.480 e. The van der Waals surface area contributed by atoms with Crippen LogP contribution in [0, 0.1) is 12.3 Å². The first-order valence-electron chi connectivity index (χ1n) is 6.90. The van der Waals surface area contributed by atoms with Crippen molar-refractivity contribution in [1.82, 2.24) is 5.32 Å². The van der Waals surface area contributed by atoms with Gasteiger partial charge in [-0.3, -0.25) is 4.79 Å². The zero-order valence-corrected chi connectivity index (χ0v) is 13.6. The van der Waals surface area contributed by atoms with E-state index >= 15 is 0 Å². The summed E-state index contributed by atoms with van der Waals surface area (Å²) in [7, 11) is 0. The summed E-state index contributed by atoms with van der Waals surface area (Å²) in [6.07, 6.45) is 1.08. The molecule has 0 aromatic heterocycles. The number of benzene rings is 1. The molecule has 0 spiro atoms. The molecule has 1 aromatic carbocycles. The highest BCUT2D eigenvalue weighted by Crippen LogP contribution is 2.23. The maximum absolute atomic E-state index is 12.2. The highest BCUT2D eigenvalue weighted by atomic mass is 35.5. The Morgan fingerprint density at radius 2 is 1.95 bits per heavy atom. The number of carbonyl (C=O) groups is 2. The van der Waals surface area contributed by atoms with Crippen LogP contribution >= 0.6 is 11.6 Å². The first-order valence-corrected chi connectivity index (χ1v) is 7.28. The number of amides is 1. The van der Waals surface area contributed by atoms with Crippen LogP contribution in [0.3, 0.4) is 0 Å². The molecule has 0 aliphatic carbocycles. The largest absolute Gasteiger partial charge is 0.480 e. The predicted octanol–water partition coefficient (Wildman–Crippen LogP) is 3.66. The summed E-state index contributed by atoms with van der Waals surface area (Å²) in [4.78, 5) is 23.5. The summed E-state index contributed by atoms with van der Waals surface area (Å²) in [5, 5.41) is 12.1. The van der Waals surface area contributed by atoms with Crippen molar-refractivity contribution in [3.05, 3.63) is 34.3 Å². The molecular formula is C16H22ClNO3. The van der Waals surface area contributed by atoms with E-state index in [-0.39, 0.29) is 5.41 Å². The van der Waals surface area contributed by atoms with E-state index in [1.54, 1.807) is 25.1 Å². The van der Waals surface area contributed by atoms with Crippen LogP contribution in [0.1, 0.15) is 49.5 Å². The minimum atomic E-state index is -1.03. The molecule has 0 saturated carbocycles. The van der Waals surface area contributed by atoms with Gasteiger partial charge in [-0.15, -0.1) is 0 Å². The molecule has 4 nitrogen and oxygen atoms in total. The Labute approximate surface area is 130 Å². The quantitative estimate of drug-likeness (QED) is 0.872. The fraction of sp³-hybridized carbons (Fsp3) is 0.500. The average molecular weight is 312 g/mol. The third-order valence-corrected chi connectivity index (χ3v) is 3.72. The van der Waals surface area contributed by atoms with Crippen LogP contribution < -0.4 is 5.32 Å². The van der Waals surface area contributed by atoms with Crippen LogP contribution in [0.4, 0.5) is 0 Å². The van der Waals surface area contributed by atoms with E-state index in [4.69, 9.17) is 11.6 Å². The molecule has 0 aliphatic rings. The summed E-state index contributed by atoms with van der Waals surface area (Å²) in [6.45, 7) is 7.90. The lowest BCUT2D eigenvalue weighted by Crippen LogP contribution is -2.41. The fourth-order valence-corrected chi connectivity index (χ4v) is 2.11. The highest BCUT2D eigenvalue weighted by Gasteiger charge is 2.24. The normalized spacial score (nSPS) is 12.8. The molecule has 0 saturated heterocycles. The van der Waals surface area contributed by atoms with E-state index in [2.05, 4.69) is 5.32 Å². The topological polar surface area (TPSA) is 66.4 Å². The first kappa shape index (κ1) is 17.5. The van der Waals surface area contributed by atoms with Crippen molar-refractivity contribution in [2.45, 2.75) is 46.6 Å². The van der Waals surface area contributed by atoms with Crippen LogP contribution in [0.25, 0.3) is 0 Å². The Bertz CT molecular complexity index is 535. The van der Waals surface area contributed by atoms with Crippen molar-refractivity contribution in [2.75, 3.05) is 0 Å².